The van der Waals surface area contributed by atoms with E-state index in [1.165, 1.54) is 0 Å². The molecule has 0 radical (unpaired) electrons. The van der Waals surface area contributed by atoms with E-state index in [0.717, 1.165) is 5.69 Å². The number of hydrogen-bond donors (Lipinski definition) is 2. The van der Waals surface area contributed by atoms with Crippen molar-refractivity contribution in [3.8, 4) is 0 Å². The number of aromatic nitrogens is 2. The summed E-state index contributed by atoms with van der Waals surface area (Å²) < 4.78 is 0. The molecule has 1 rings (SSSR count). The first-order chi connectivity index (χ1) is 3.80. The van der Waals surface area contributed by atoms with Gasteiger partial charge in [-0.2, -0.15) is 0 Å². The maximum atomic E-state index is 5.49. The molecule has 0 fully saturated rings. The van der Waals surface area contributed by atoms with Gasteiger partial charge in [-0.3, -0.25) is 0 Å². The lowest BCUT2D eigenvalue weighted by molar-refractivity contribution is 0.789. The van der Waals surface area contributed by atoms with Gasteiger partial charge in [-0.05, 0) is 6.92 Å². The molecule has 1 unspecified atom stereocenters. The average molecular weight is 148 g/mol. The van der Waals surface area contributed by atoms with Gasteiger partial charge in [-0.25, -0.2) is 4.98 Å². The number of hydrogen-bond acceptors (Lipinski definition) is 2. The van der Waals surface area contributed by atoms with Gasteiger partial charge in [0.25, 0.3) is 0 Å². The quantitative estimate of drug-likeness (QED) is 0.619. The molecule has 3 N–H and O–H groups in total. The summed E-state index contributed by atoms with van der Waals surface area (Å²) in [6.07, 6.45) is 3.35. The number of aromatic amines is 1. The molecule has 0 bridgehead atoms. The topological polar surface area (TPSA) is 54.7 Å². The van der Waals surface area contributed by atoms with E-state index in [9.17, 15) is 0 Å². The van der Waals surface area contributed by atoms with Crippen molar-refractivity contribution in [2.24, 2.45) is 5.73 Å². The molecule has 1 heterocycles. The summed E-state index contributed by atoms with van der Waals surface area (Å²) in [6.45, 7) is 1.91. The van der Waals surface area contributed by atoms with E-state index in [0.29, 0.717) is 0 Å². The Morgan fingerprint density at radius 2 is 2.44 bits per heavy atom. The summed E-state index contributed by atoms with van der Waals surface area (Å²) in [7, 11) is 0. The van der Waals surface area contributed by atoms with Gasteiger partial charge in [-0.1, -0.05) is 0 Å². The molecule has 9 heavy (non-hydrogen) atoms. The summed E-state index contributed by atoms with van der Waals surface area (Å²) in [5.74, 6) is 0. The molecule has 0 aliphatic rings. The predicted molar refractivity (Wildman–Crippen MR) is 38.4 cm³/mol. The van der Waals surface area contributed by atoms with Crippen LogP contribution in [0.15, 0.2) is 12.5 Å². The van der Waals surface area contributed by atoms with E-state index in [-0.39, 0.29) is 18.4 Å². The van der Waals surface area contributed by atoms with Crippen LogP contribution < -0.4 is 5.73 Å². The summed E-state index contributed by atoms with van der Waals surface area (Å²) in [5, 5.41) is 0. The van der Waals surface area contributed by atoms with Crippen LogP contribution in [-0.2, 0) is 0 Å². The zero-order valence-electron chi connectivity index (χ0n) is 5.16. The predicted octanol–water partition coefficient (Wildman–Crippen LogP) is 0.851. The number of nitrogens with one attached hydrogen (secondary N) is 1. The fraction of sp³-hybridized carbons (Fsp3) is 0.400. The van der Waals surface area contributed by atoms with Gasteiger partial charge in [0.05, 0.1) is 12.0 Å². The van der Waals surface area contributed by atoms with Crippen LogP contribution in [0.2, 0.25) is 0 Å². The average Bonchev–Trinajstić information content (AvgIpc) is 2.12. The molecule has 0 aromatic carbocycles. The fourth-order valence-electron chi connectivity index (χ4n) is 0.516. The molecule has 0 spiro atoms. The highest BCUT2D eigenvalue weighted by atomic mass is 35.5. The summed E-state index contributed by atoms with van der Waals surface area (Å²) in [4.78, 5) is 6.71. The third-order valence-electron chi connectivity index (χ3n) is 1.01. The van der Waals surface area contributed by atoms with Gasteiger partial charge in [0, 0.05) is 12.2 Å². The maximum absolute atomic E-state index is 5.49. The molecule has 52 valence electrons. The van der Waals surface area contributed by atoms with Crippen LogP contribution in [0.1, 0.15) is 18.7 Å². The van der Waals surface area contributed by atoms with E-state index >= 15 is 0 Å². The summed E-state index contributed by atoms with van der Waals surface area (Å²) >= 11 is 0. The number of rotatable bonds is 1. The van der Waals surface area contributed by atoms with Gasteiger partial charge in [-0.15, -0.1) is 12.4 Å². The SMILES string of the molecule is CC(N)c1cnc[nH]1.Cl. The molecule has 1 atom stereocenters. The minimum atomic E-state index is 0. The minimum Gasteiger partial charge on any atom is -0.347 e. The Morgan fingerprint density at radius 1 is 1.78 bits per heavy atom. The Labute approximate surface area is 60.1 Å². The number of imidazole rings is 1. The first-order valence-corrected chi connectivity index (χ1v) is 2.54. The van der Waals surface area contributed by atoms with Crippen LogP contribution in [-0.4, -0.2) is 9.97 Å². The van der Waals surface area contributed by atoms with Crippen LogP contribution >= 0.6 is 12.4 Å². The molecule has 4 heteroatoms. The Bertz CT molecular complexity index is 147. The van der Waals surface area contributed by atoms with E-state index < -0.39 is 0 Å². The van der Waals surface area contributed by atoms with Gasteiger partial charge in [0.1, 0.15) is 0 Å². The third-order valence-corrected chi connectivity index (χ3v) is 1.01. The number of nitrogens with two attached hydrogens (primary N) is 1. The lowest BCUT2D eigenvalue weighted by atomic mass is 10.3. The Kier molecular flexibility index (Phi) is 3.27. The lowest BCUT2D eigenvalue weighted by Crippen LogP contribution is -2.04. The Balaban J connectivity index is 0.000000640. The van der Waals surface area contributed by atoms with Crippen LogP contribution in [0.3, 0.4) is 0 Å². The molecule has 0 aliphatic heterocycles. The maximum Gasteiger partial charge on any atom is 0.0922 e. The Morgan fingerprint density at radius 3 is 2.67 bits per heavy atom. The zero-order chi connectivity index (χ0) is 5.98. The molecule has 1 aromatic rings. The summed E-state index contributed by atoms with van der Waals surface area (Å²) in [6, 6.07) is 0.0671. The highest BCUT2D eigenvalue weighted by molar-refractivity contribution is 5.85. The van der Waals surface area contributed by atoms with Gasteiger partial charge < -0.3 is 10.7 Å². The molecular formula is C5H10ClN3. The van der Waals surface area contributed by atoms with Crippen LogP contribution in [0.4, 0.5) is 0 Å². The van der Waals surface area contributed by atoms with Crippen LogP contribution in [0.25, 0.3) is 0 Å². The Hall–Kier alpha value is -0.540. The summed E-state index contributed by atoms with van der Waals surface area (Å²) in [5.41, 5.74) is 6.46. The van der Waals surface area contributed by atoms with Crippen LogP contribution in [0.5, 0.6) is 0 Å². The van der Waals surface area contributed by atoms with Crippen LogP contribution in [0, 0.1) is 0 Å². The van der Waals surface area contributed by atoms with Crippen molar-refractivity contribution in [1.29, 1.82) is 0 Å². The normalized spacial score (nSPS) is 12.2. The minimum absolute atomic E-state index is 0. The highest BCUT2D eigenvalue weighted by Gasteiger charge is 1.96. The van der Waals surface area contributed by atoms with Crippen molar-refractivity contribution < 1.29 is 0 Å². The second-order valence-corrected chi connectivity index (χ2v) is 1.80. The van der Waals surface area contributed by atoms with E-state index in [1.54, 1.807) is 12.5 Å². The van der Waals surface area contributed by atoms with Gasteiger partial charge in [0.15, 0.2) is 0 Å². The largest absolute Gasteiger partial charge is 0.347 e. The van der Waals surface area contributed by atoms with E-state index in [4.69, 9.17) is 5.73 Å². The monoisotopic (exact) mass is 147 g/mol. The smallest absolute Gasteiger partial charge is 0.0922 e. The molecular weight excluding hydrogens is 138 g/mol. The zero-order valence-corrected chi connectivity index (χ0v) is 5.98. The fourth-order valence-corrected chi connectivity index (χ4v) is 0.516. The molecule has 0 saturated carbocycles. The van der Waals surface area contributed by atoms with Crippen molar-refractivity contribution in [3.05, 3.63) is 18.2 Å². The van der Waals surface area contributed by atoms with Crippen molar-refractivity contribution in [3.63, 3.8) is 0 Å². The molecule has 0 aliphatic carbocycles. The van der Waals surface area contributed by atoms with E-state index in [1.807, 2.05) is 6.92 Å². The van der Waals surface area contributed by atoms with E-state index in [2.05, 4.69) is 9.97 Å². The van der Waals surface area contributed by atoms with Crippen molar-refractivity contribution in [2.45, 2.75) is 13.0 Å². The van der Waals surface area contributed by atoms with Crippen molar-refractivity contribution in [2.75, 3.05) is 0 Å². The van der Waals surface area contributed by atoms with Gasteiger partial charge >= 0.3 is 0 Å². The van der Waals surface area contributed by atoms with Gasteiger partial charge in [0.2, 0.25) is 0 Å². The molecule has 0 saturated heterocycles. The lowest BCUT2D eigenvalue weighted by Gasteiger charge is -1.96. The number of halogens is 1. The number of H-pyrrole nitrogens is 1. The van der Waals surface area contributed by atoms with Crippen molar-refractivity contribution in [1.82, 2.24) is 9.97 Å². The molecule has 0 amide bonds. The third kappa shape index (κ3) is 2.03. The highest BCUT2D eigenvalue weighted by Crippen LogP contribution is 2.00. The first-order valence-electron chi connectivity index (χ1n) is 2.54. The second-order valence-electron chi connectivity index (χ2n) is 1.80. The first kappa shape index (κ1) is 8.46. The standard InChI is InChI=1S/C5H9N3.ClH/c1-4(6)5-2-7-3-8-5;/h2-4H,6H2,1H3,(H,7,8);1H. The second kappa shape index (κ2) is 3.48. The van der Waals surface area contributed by atoms with Crippen molar-refractivity contribution >= 4 is 12.4 Å². The molecule has 1 aromatic heterocycles. The molecule has 3 nitrogen and oxygen atoms in total. The number of nitrogens with zero attached hydrogens (tertiary/aromatic N) is 1.